The molecule has 0 aliphatic carbocycles. The molecule has 0 saturated carbocycles. The van der Waals surface area contributed by atoms with Gasteiger partial charge >= 0.3 is 0 Å². The van der Waals surface area contributed by atoms with E-state index in [4.69, 9.17) is 11.6 Å². The molecule has 1 amide bonds. The first-order valence-corrected chi connectivity index (χ1v) is 9.81. The molecule has 1 atom stereocenters. The second-order valence-electron chi connectivity index (χ2n) is 7.24. The van der Waals surface area contributed by atoms with Crippen LogP contribution in [-0.2, 0) is 17.9 Å². The summed E-state index contributed by atoms with van der Waals surface area (Å²) in [6.07, 6.45) is 3.62. The number of carbonyl (C=O) groups excluding carboxylic acids is 1. The average Bonchev–Trinajstić information content (AvgIpc) is 3.15. The Morgan fingerprint density at radius 2 is 2.13 bits per heavy atom. The molecule has 156 valence electrons. The van der Waals surface area contributed by atoms with E-state index in [1.807, 2.05) is 32.0 Å². The van der Waals surface area contributed by atoms with Crippen LogP contribution >= 0.6 is 11.6 Å². The topological polar surface area (TPSA) is 88.0 Å². The van der Waals surface area contributed by atoms with E-state index < -0.39 is 0 Å². The maximum Gasteiger partial charge on any atom is 0.246 e. The number of halogens is 2. The van der Waals surface area contributed by atoms with Gasteiger partial charge in [0.2, 0.25) is 11.9 Å². The van der Waals surface area contributed by atoms with Gasteiger partial charge in [0.05, 0.1) is 18.4 Å². The third-order valence-electron chi connectivity index (χ3n) is 5.10. The summed E-state index contributed by atoms with van der Waals surface area (Å²) in [5.41, 5.74) is 3.04. The number of fused-ring (bicyclic) bond motifs is 1. The molecule has 0 radical (unpaired) electrons. The summed E-state index contributed by atoms with van der Waals surface area (Å²) in [5.74, 6) is 0.703. The van der Waals surface area contributed by atoms with E-state index in [-0.39, 0.29) is 17.8 Å². The van der Waals surface area contributed by atoms with Gasteiger partial charge in [-0.15, -0.1) is 0 Å². The highest BCUT2D eigenvalue weighted by Gasteiger charge is 2.30. The fourth-order valence-electron chi connectivity index (χ4n) is 3.22. The third kappa shape index (κ3) is 3.93. The summed E-state index contributed by atoms with van der Waals surface area (Å²) in [4.78, 5) is 22.9. The van der Waals surface area contributed by atoms with E-state index in [1.165, 1.54) is 12.1 Å². The number of likely N-dealkylation sites (N-methyl/N-ethyl adjacent to an activating group) is 1. The Hall–Kier alpha value is -3.20. The molecular weight excluding hydrogens is 409 g/mol. The maximum atomic E-state index is 13.2. The van der Waals surface area contributed by atoms with Gasteiger partial charge in [0, 0.05) is 30.4 Å². The molecule has 2 aromatic heterocycles. The SMILES string of the molecule is Cc1nc(NCc2cnn(Cc3ccc(F)cc3Cl)c2)nc2c1NC(=O)[C@H](C)N2C. The lowest BCUT2D eigenvalue weighted by Crippen LogP contribution is -2.44. The summed E-state index contributed by atoms with van der Waals surface area (Å²) in [6, 6.07) is 4.01. The van der Waals surface area contributed by atoms with Crippen molar-refractivity contribution in [2.24, 2.45) is 0 Å². The van der Waals surface area contributed by atoms with Crippen LogP contribution in [0.3, 0.4) is 0 Å². The number of aryl methyl sites for hydroxylation is 1. The first-order valence-electron chi connectivity index (χ1n) is 9.43. The zero-order valence-electron chi connectivity index (χ0n) is 16.8. The minimum absolute atomic E-state index is 0.0777. The molecule has 0 spiro atoms. The van der Waals surface area contributed by atoms with E-state index >= 15 is 0 Å². The van der Waals surface area contributed by atoms with Gasteiger partial charge in [-0.2, -0.15) is 10.1 Å². The Kier molecular flexibility index (Phi) is 5.29. The highest BCUT2D eigenvalue weighted by atomic mass is 35.5. The van der Waals surface area contributed by atoms with Gasteiger partial charge in [-0.3, -0.25) is 9.48 Å². The molecule has 30 heavy (non-hydrogen) atoms. The summed E-state index contributed by atoms with van der Waals surface area (Å²) >= 11 is 6.09. The van der Waals surface area contributed by atoms with Crippen molar-refractivity contribution >= 4 is 35.0 Å². The van der Waals surface area contributed by atoms with Crippen LogP contribution in [0.15, 0.2) is 30.6 Å². The van der Waals surface area contributed by atoms with Gasteiger partial charge in [-0.05, 0) is 31.5 Å². The smallest absolute Gasteiger partial charge is 0.246 e. The van der Waals surface area contributed by atoms with Gasteiger partial charge in [0.25, 0.3) is 0 Å². The van der Waals surface area contributed by atoms with Crippen molar-refractivity contribution in [2.45, 2.75) is 33.0 Å². The van der Waals surface area contributed by atoms with E-state index in [0.717, 1.165) is 11.1 Å². The van der Waals surface area contributed by atoms with Crippen LogP contribution < -0.4 is 15.5 Å². The van der Waals surface area contributed by atoms with Crippen molar-refractivity contribution in [3.05, 3.63) is 58.3 Å². The Morgan fingerprint density at radius 3 is 2.90 bits per heavy atom. The fourth-order valence-corrected chi connectivity index (χ4v) is 3.44. The highest BCUT2D eigenvalue weighted by molar-refractivity contribution is 6.31. The summed E-state index contributed by atoms with van der Waals surface area (Å²) < 4.78 is 14.9. The number of carbonyl (C=O) groups is 1. The van der Waals surface area contributed by atoms with E-state index in [0.29, 0.717) is 41.3 Å². The molecule has 2 N–H and O–H groups in total. The number of benzene rings is 1. The van der Waals surface area contributed by atoms with Crippen LogP contribution in [0.5, 0.6) is 0 Å². The van der Waals surface area contributed by atoms with Crippen LogP contribution in [0.4, 0.5) is 21.8 Å². The van der Waals surface area contributed by atoms with Gasteiger partial charge in [0.15, 0.2) is 5.82 Å². The standard InChI is InChI=1S/C20H21ClFN7O/c1-11-17-18(28(3)12(2)19(30)26-17)27-20(25-11)23-7-13-8-24-29(9-13)10-14-4-5-15(22)6-16(14)21/h4-6,8-9,12H,7,10H2,1-3H3,(H,26,30)(H,23,25,27)/t12-/m0/s1. The minimum Gasteiger partial charge on any atom is -0.350 e. The van der Waals surface area contributed by atoms with Gasteiger partial charge in [0.1, 0.15) is 17.5 Å². The van der Waals surface area contributed by atoms with Crippen molar-refractivity contribution in [3.8, 4) is 0 Å². The van der Waals surface area contributed by atoms with Crippen molar-refractivity contribution in [1.29, 1.82) is 0 Å². The number of amides is 1. The Labute approximate surface area is 178 Å². The number of nitrogens with zero attached hydrogens (tertiary/aromatic N) is 5. The van der Waals surface area contributed by atoms with Gasteiger partial charge in [-0.25, -0.2) is 9.37 Å². The van der Waals surface area contributed by atoms with E-state index in [9.17, 15) is 9.18 Å². The van der Waals surface area contributed by atoms with Crippen molar-refractivity contribution in [1.82, 2.24) is 19.7 Å². The lowest BCUT2D eigenvalue weighted by Gasteiger charge is -2.32. The van der Waals surface area contributed by atoms with E-state index in [1.54, 1.807) is 16.9 Å². The molecule has 10 heteroatoms. The number of aromatic nitrogens is 4. The van der Waals surface area contributed by atoms with Crippen LogP contribution in [0.1, 0.15) is 23.7 Å². The number of hydrogen-bond donors (Lipinski definition) is 2. The predicted octanol–water partition coefficient (Wildman–Crippen LogP) is 3.21. The molecule has 0 fully saturated rings. The molecule has 3 aromatic rings. The molecule has 8 nitrogen and oxygen atoms in total. The summed E-state index contributed by atoms with van der Waals surface area (Å²) in [5, 5.41) is 10.8. The van der Waals surface area contributed by atoms with Crippen LogP contribution in [0.25, 0.3) is 0 Å². The van der Waals surface area contributed by atoms with Crippen molar-refractivity contribution < 1.29 is 9.18 Å². The second-order valence-corrected chi connectivity index (χ2v) is 7.65. The Morgan fingerprint density at radius 1 is 1.33 bits per heavy atom. The normalized spacial score (nSPS) is 15.7. The molecule has 1 aliphatic rings. The molecule has 0 unspecified atom stereocenters. The zero-order valence-corrected chi connectivity index (χ0v) is 17.5. The van der Waals surface area contributed by atoms with E-state index in [2.05, 4.69) is 25.7 Å². The Bertz CT molecular complexity index is 1120. The number of nitrogens with one attached hydrogen (secondary N) is 2. The molecule has 4 rings (SSSR count). The lowest BCUT2D eigenvalue weighted by atomic mass is 10.2. The molecular formula is C20H21ClFN7O. The van der Waals surface area contributed by atoms with Crippen molar-refractivity contribution in [2.75, 3.05) is 22.6 Å². The molecule has 1 aliphatic heterocycles. The second kappa shape index (κ2) is 7.91. The number of hydrogen-bond acceptors (Lipinski definition) is 6. The quantitative estimate of drug-likeness (QED) is 0.647. The van der Waals surface area contributed by atoms with Crippen molar-refractivity contribution in [3.63, 3.8) is 0 Å². The highest BCUT2D eigenvalue weighted by Crippen LogP contribution is 2.32. The largest absolute Gasteiger partial charge is 0.350 e. The molecule has 0 bridgehead atoms. The monoisotopic (exact) mass is 429 g/mol. The summed E-state index contributed by atoms with van der Waals surface area (Å²) in [7, 11) is 1.84. The molecule has 1 aromatic carbocycles. The first-order chi connectivity index (χ1) is 14.3. The number of anilines is 3. The fraction of sp³-hybridized carbons (Fsp3) is 0.300. The third-order valence-corrected chi connectivity index (χ3v) is 5.45. The summed E-state index contributed by atoms with van der Waals surface area (Å²) in [6.45, 7) is 4.57. The predicted molar refractivity (Wildman–Crippen MR) is 113 cm³/mol. The van der Waals surface area contributed by atoms with Gasteiger partial charge in [-0.1, -0.05) is 17.7 Å². The Balaban J connectivity index is 1.46. The maximum absolute atomic E-state index is 13.2. The van der Waals surface area contributed by atoms with Crippen LogP contribution in [-0.4, -0.2) is 38.7 Å². The zero-order chi connectivity index (χ0) is 21.4. The first kappa shape index (κ1) is 20.1. The average molecular weight is 430 g/mol. The minimum atomic E-state index is -0.367. The van der Waals surface area contributed by atoms with Gasteiger partial charge < -0.3 is 15.5 Å². The lowest BCUT2D eigenvalue weighted by molar-refractivity contribution is -0.117. The molecule has 0 saturated heterocycles. The number of rotatable bonds is 5. The van der Waals surface area contributed by atoms with Crippen LogP contribution in [0.2, 0.25) is 5.02 Å². The molecule has 3 heterocycles. The van der Waals surface area contributed by atoms with Crippen LogP contribution in [0, 0.1) is 12.7 Å².